The molecule has 1 N–H and O–H groups in total. The maximum atomic E-state index is 5.45. The minimum atomic E-state index is 0.708. The first-order valence-corrected chi connectivity index (χ1v) is 4.59. The Balaban J connectivity index is 2.58. The summed E-state index contributed by atoms with van der Waals surface area (Å²) in [6.07, 6.45) is 0. The van der Waals surface area contributed by atoms with Crippen LogP contribution in [0.15, 0.2) is 22.6 Å². The van der Waals surface area contributed by atoms with Gasteiger partial charge < -0.3 is 9.40 Å². The van der Waals surface area contributed by atoms with E-state index in [0.717, 1.165) is 22.3 Å². The molecular weight excluding hydrogens is 176 g/mol. The molecule has 0 fully saturated rings. The number of aromatic amines is 1. The molecule has 3 rings (SSSR count). The van der Waals surface area contributed by atoms with Crippen LogP contribution >= 0.6 is 0 Å². The topological polar surface area (TPSA) is 41.8 Å². The Labute approximate surface area is 80.7 Å². The van der Waals surface area contributed by atoms with E-state index < -0.39 is 0 Å². The van der Waals surface area contributed by atoms with Crippen molar-refractivity contribution >= 4 is 22.0 Å². The molecule has 0 unspecified atom stereocenters. The van der Waals surface area contributed by atoms with Crippen LogP contribution in [0.4, 0.5) is 0 Å². The Morgan fingerprint density at radius 3 is 3.00 bits per heavy atom. The summed E-state index contributed by atoms with van der Waals surface area (Å²) in [4.78, 5) is 7.65. The van der Waals surface area contributed by atoms with Crippen LogP contribution in [0.25, 0.3) is 22.0 Å². The number of oxazole rings is 1. The zero-order valence-corrected chi connectivity index (χ0v) is 8.09. The molecule has 0 radical (unpaired) electrons. The van der Waals surface area contributed by atoms with Gasteiger partial charge in [-0.15, -0.1) is 0 Å². The maximum absolute atomic E-state index is 5.45. The molecule has 70 valence electrons. The summed E-state index contributed by atoms with van der Waals surface area (Å²) >= 11 is 0. The second-order valence-corrected chi connectivity index (χ2v) is 3.56. The first kappa shape index (κ1) is 7.62. The monoisotopic (exact) mass is 186 g/mol. The molecule has 0 amide bonds. The number of fused-ring (bicyclic) bond motifs is 3. The van der Waals surface area contributed by atoms with Crippen molar-refractivity contribution < 1.29 is 4.42 Å². The molecule has 0 bridgehead atoms. The lowest BCUT2D eigenvalue weighted by atomic mass is 10.2. The van der Waals surface area contributed by atoms with Crippen LogP contribution in [0.3, 0.4) is 0 Å². The molecule has 0 aliphatic heterocycles. The van der Waals surface area contributed by atoms with Gasteiger partial charge in [0, 0.05) is 18.0 Å². The molecule has 0 saturated heterocycles. The van der Waals surface area contributed by atoms with Crippen LogP contribution in [0.2, 0.25) is 0 Å². The summed E-state index contributed by atoms with van der Waals surface area (Å²) in [7, 11) is 0. The molecule has 2 aromatic heterocycles. The summed E-state index contributed by atoms with van der Waals surface area (Å²) in [5.41, 5.74) is 3.98. The Morgan fingerprint density at radius 1 is 1.29 bits per heavy atom. The van der Waals surface area contributed by atoms with E-state index in [-0.39, 0.29) is 0 Å². The summed E-state index contributed by atoms with van der Waals surface area (Å²) in [6, 6.07) is 6.12. The van der Waals surface area contributed by atoms with E-state index in [4.69, 9.17) is 4.42 Å². The summed E-state index contributed by atoms with van der Waals surface area (Å²) in [5.74, 6) is 0.708. The lowest BCUT2D eigenvalue weighted by molar-refractivity contribution is 0.561. The predicted molar refractivity (Wildman–Crippen MR) is 55.3 cm³/mol. The van der Waals surface area contributed by atoms with Crippen molar-refractivity contribution in [2.75, 3.05) is 0 Å². The van der Waals surface area contributed by atoms with Gasteiger partial charge in [0.15, 0.2) is 11.5 Å². The van der Waals surface area contributed by atoms with E-state index >= 15 is 0 Å². The highest BCUT2D eigenvalue weighted by Crippen LogP contribution is 2.25. The Kier molecular flexibility index (Phi) is 1.29. The lowest BCUT2D eigenvalue weighted by Crippen LogP contribution is -1.73. The minimum Gasteiger partial charge on any atom is -0.441 e. The number of hydrogen-bond donors (Lipinski definition) is 1. The molecule has 3 heteroatoms. The number of nitrogens with one attached hydrogen (secondary N) is 1. The zero-order valence-electron chi connectivity index (χ0n) is 8.09. The second kappa shape index (κ2) is 2.38. The Hall–Kier alpha value is -1.77. The molecule has 3 aromatic rings. The van der Waals surface area contributed by atoms with Gasteiger partial charge in [0.1, 0.15) is 5.52 Å². The zero-order chi connectivity index (χ0) is 9.71. The summed E-state index contributed by atoms with van der Waals surface area (Å²) < 4.78 is 5.45. The van der Waals surface area contributed by atoms with Crippen molar-refractivity contribution in [1.82, 2.24) is 9.97 Å². The van der Waals surface area contributed by atoms with Crippen molar-refractivity contribution in [3.63, 3.8) is 0 Å². The van der Waals surface area contributed by atoms with Gasteiger partial charge in [0.25, 0.3) is 0 Å². The van der Waals surface area contributed by atoms with Gasteiger partial charge in [-0.1, -0.05) is 0 Å². The van der Waals surface area contributed by atoms with E-state index in [0.29, 0.717) is 5.89 Å². The first-order chi connectivity index (χ1) is 6.74. The third kappa shape index (κ3) is 0.894. The van der Waals surface area contributed by atoms with Gasteiger partial charge in [-0.3, -0.25) is 0 Å². The second-order valence-electron chi connectivity index (χ2n) is 3.56. The Morgan fingerprint density at radius 2 is 2.14 bits per heavy atom. The molecular formula is C11H10N2O. The van der Waals surface area contributed by atoms with Crippen LogP contribution in [-0.2, 0) is 0 Å². The number of H-pyrrole nitrogens is 1. The Bertz CT molecular complexity index is 563. The molecule has 0 saturated carbocycles. The normalized spacial score (nSPS) is 11.6. The van der Waals surface area contributed by atoms with Crippen molar-refractivity contribution in [2.45, 2.75) is 13.8 Å². The van der Waals surface area contributed by atoms with Gasteiger partial charge in [-0.2, -0.15) is 0 Å². The van der Waals surface area contributed by atoms with Crippen molar-refractivity contribution in [3.05, 3.63) is 29.8 Å². The number of hydrogen-bond acceptors (Lipinski definition) is 2. The van der Waals surface area contributed by atoms with Crippen molar-refractivity contribution in [1.29, 1.82) is 0 Å². The maximum Gasteiger partial charge on any atom is 0.192 e. The van der Waals surface area contributed by atoms with E-state index in [1.807, 2.05) is 26.0 Å². The van der Waals surface area contributed by atoms with Crippen molar-refractivity contribution in [2.24, 2.45) is 0 Å². The number of aryl methyl sites for hydroxylation is 2. The third-order valence-corrected chi connectivity index (χ3v) is 2.39. The highest BCUT2D eigenvalue weighted by atomic mass is 16.3. The number of aromatic nitrogens is 2. The fraction of sp³-hybridized carbons (Fsp3) is 0.182. The predicted octanol–water partition coefficient (Wildman–Crippen LogP) is 2.93. The molecule has 0 aliphatic rings. The van der Waals surface area contributed by atoms with Crippen molar-refractivity contribution in [3.8, 4) is 0 Å². The van der Waals surface area contributed by atoms with E-state index in [9.17, 15) is 0 Å². The largest absolute Gasteiger partial charge is 0.441 e. The molecule has 2 heterocycles. The van der Waals surface area contributed by atoms with Crippen LogP contribution in [0.1, 0.15) is 11.6 Å². The highest BCUT2D eigenvalue weighted by molar-refractivity contribution is 6.01. The van der Waals surface area contributed by atoms with E-state index in [1.54, 1.807) is 0 Å². The van der Waals surface area contributed by atoms with Gasteiger partial charge in [0.2, 0.25) is 0 Å². The van der Waals surface area contributed by atoms with E-state index in [2.05, 4.69) is 16.0 Å². The fourth-order valence-corrected chi connectivity index (χ4v) is 1.84. The van der Waals surface area contributed by atoms with Crippen LogP contribution in [-0.4, -0.2) is 9.97 Å². The SMILES string of the molecule is Cc1cc2ccc3oc(C)nc3c2[nH]1. The molecule has 3 nitrogen and oxygen atoms in total. The molecule has 0 aliphatic carbocycles. The molecule has 14 heavy (non-hydrogen) atoms. The first-order valence-electron chi connectivity index (χ1n) is 4.59. The quantitative estimate of drug-likeness (QED) is 0.586. The standard InChI is InChI=1S/C11H10N2O/c1-6-5-8-3-4-9-11(10(8)12-6)13-7(2)14-9/h3-5,12H,1-2H3. The number of rotatable bonds is 0. The van der Waals surface area contributed by atoms with Gasteiger partial charge >= 0.3 is 0 Å². The average molecular weight is 186 g/mol. The molecule has 0 atom stereocenters. The van der Waals surface area contributed by atoms with Crippen LogP contribution in [0.5, 0.6) is 0 Å². The minimum absolute atomic E-state index is 0.708. The van der Waals surface area contributed by atoms with Crippen LogP contribution < -0.4 is 0 Å². The number of nitrogens with zero attached hydrogens (tertiary/aromatic N) is 1. The number of benzene rings is 1. The lowest BCUT2D eigenvalue weighted by Gasteiger charge is -1.88. The molecule has 1 aromatic carbocycles. The smallest absolute Gasteiger partial charge is 0.192 e. The van der Waals surface area contributed by atoms with Gasteiger partial charge in [-0.25, -0.2) is 4.98 Å². The third-order valence-electron chi connectivity index (χ3n) is 2.39. The molecule has 0 spiro atoms. The van der Waals surface area contributed by atoms with Gasteiger partial charge in [-0.05, 0) is 25.1 Å². The van der Waals surface area contributed by atoms with Gasteiger partial charge in [0.05, 0.1) is 5.52 Å². The summed E-state index contributed by atoms with van der Waals surface area (Å²) in [6.45, 7) is 3.90. The summed E-state index contributed by atoms with van der Waals surface area (Å²) in [5, 5.41) is 1.18. The van der Waals surface area contributed by atoms with Crippen LogP contribution in [0, 0.1) is 13.8 Å². The highest BCUT2D eigenvalue weighted by Gasteiger charge is 2.07. The average Bonchev–Trinajstić information content (AvgIpc) is 2.65. The van der Waals surface area contributed by atoms with E-state index in [1.165, 1.54) is 5.39 Å². The fourth-order valence-electron chi connectivity index (χ4n) is 1.84.